The first-order chi connectivity index (χ1) is 7.54. The Morgan fingerprint density at radius 3 is 2.88 bits per heavy atom. The number of rotatable bonds is 5. The molecule has 0 aliphatic carbocycles. The van der Waals surface area contributed by atoms with Gasteiger partial charge >= 0.3 is 5.97 Å². The summed E-state index contributed by atoms with van der Waals surface area (Å²) >= 11 is 5.06. The molecule has 1 aromatic rings. The molecule has 1 heterocycles. The highest BCUT2D eigenvalue weighted by molar-refractivity contribution is 7.71. The number of aromatic amines is 1. The number of ether oxygens (including phenoxy) is 1. The lowest BCUT2D eigenvalue weighted by Crippen LogP contribution is -2.14. The van der Waals surface area contributed by atoms with E-state index in [-0.39, 0.29) is 12.5 Å². The van der Waals surface area contributed by atoms with Crippen LogP contribution in [0.15, 0.2) is 0 Å². The van der Waals surface area contributed by atoms with Gasteiger partial charge in [0.25, 0.3) is 0 Å². The number of carbonyl (C=O) groups is 1. The van der Waals surface area contributed by atoms with Crippen LogP contribution in [0.5, 0.6) is 0 Å². The summed E-state index contributed by atoms with van der Waals surface area (Å²) in [6, 6.07) is 0. The lowest BCUT2D eigenvalue weighted by atomic mass is 10.1. The molecular weight excluding hydrogens is 226 g/mol. The molecule has 0 spiro atoms. The lowest BCUT2D eigenvalue weighted by Gasteiger charge is -2.06. The second-order valence-corrected chi connectivity index (χ2v) is 4.43. The lowest BCUT2D eigenvalue weighted by molar-refractivity contribution is -0.141. The Kier molecular flexibility index (Phi) is 4.67. The van der Waals surface area contributed by atoms with Crippen LogP contribution in [-0.4, -0.2) is 27.8 Å². The van der Waals surface area contributed by atoms with Gasteiger partial charge in [-0.15, -0.1) is 0 Å². The summed E-state index contributed by atoms with van der Waals surface area (Å²) in [4.78, 5) is 11.2. The number of aromatic nitrogens is 3. The molecule has 0 unspecified atom stereocenters. The smallest absolute Gasteiger partial charge is 0.325 e. The first kappa shape index (κ1) is 12.9. The van der Waals surface area contributed by atoms with E-state index in [2.05, 4.69) is 28.8 Å². The minimum Gasteiger partial charge on any atom is -0.468 e. The van der Waals surface area contributed by atoms with Gasteiger partial charge in [-0.25, -0.2) is 0 Å². The fourth-order valence-corrected chi connectivity index (χ4v) is 1.53. The fourth-order valence-electron chi connectivity index (χ4n) is 1.32. The molecule has 0 saturated heterocycles. The van der Waals surface area contributed by atoms with Crippen LogP contribution in [0.4, 0.5) is 0 Å². The summed E-state index contributed by atoms with van der Waals surface area (Å²) in [6.07, 6.45) is 1.82. The molecule has 6 heteroatoms. The first-order valence-electron chi connectivity index (χ1n) is 5.25. The van der Waals surface area contributed by atoms with Gasteiger partial charge in [0.2, 0.25) is 0 Å². The standard InChI is InChI=1S/C10H17N3O2S/c1-7(2)4-5-8-11-12-10(16)13(8)6-9(14)15-3/h7H,4-6H2,1-3H3,(H,12,16). The molecule has 16 heavy (non-hydrogen) atoms. The third kappa shape index (κ3) is 3.44. The van der Waals surface area contributed by atoms with Crippen molar-refractivity contribution in [2.75, 3.05) is 7.11 Å². The van der Waals surface area contributed by atoms with Crippen LogP contribution >= 0.6 is 12.2 Å². The zero-order valence-electron chi connectivity index (χ0n) is 9.82. The van der Waals surface area contributed by atoms with Crippen molar-refractivity contribution in [3.63, 3.8) is 0 Å². The second kappa shape index (κ2) is 5.79. The van der Waals surface area contributed by atoms with Gasteiger partial charge in [0.05, 0.1) is 7.11 Å². The highest BCUT2D eigenvalue weighted by Gasteiger charge is 2.10. The Hall–Kier alpha value is -1.17. The van der Waals surface area contributed by atoms with Gasteiger partial charge in [-0.3, -0.25) is 14.5 Å². The fraction of sp³-hybridized carbons (Fsp3) is 0.700. The van der Waals surface area contributed by atoms with Crippen molar-refractivity contribution in [3.8, 4) is 0 Å². The van der Waals surface area contributed by atoms with Crippen molar-refractivity contribution in [2.45, 2.75) is 33.2 Å². The van der Waals surface area contributed by atoms with E-state index >= 15 is 0 Å². The van der Waals surface area contributed by atoms with Crippen LogP contribution in [0.3, 0.4) is 0 Å². The third-order valence-corrected chi connectivity index (χ3v) is 2.61. The Labute approximate surface area is 99.8 Å². The maximum absolute atomic E-state index is 11.2. The number of nitrogens with one attached hydrogen (secondary N) is 1. The molecule has 0 aromatic carbocycles. The zero-order valence-corrected chi connectivity index (χ0v) is 10.6. The van der Waals surface area contributed by atoms with E-state index in [4.69, 9.17) is 12.2 Å². The van der Waals surface area contributed by atoms with Gasteiger partial charge < -0.3 is 4.74 Å². The van der Waals surface area contributed by atoms with Crippen molar-refractivity contribution >= 4 is 18.2 Å². The monoisotopic (exact) mass is 243 g/mol. The maximum atomic E-state index is 11.2. The number of esters is 1. The molecule has 0 fully saturated rings. The van der Waals surface area contributed by atoms with Crippen molar-refractivity contribution in [3.05, 3.63) is 10.6 Å². The number of carbonyl (C=O) groups excluding carboxylic acids is 1. The Balaban J connectivity index is 2.77. The Morgan fingerprint density at radius 1 is 1.62 bits per heavy atom. The van der Waals surface area contributed by atoms with E-state index in [0.29, 0.717) is 10.7 Å². The van der Waals surface area contributed by atoms with Crippen LogP contribution in [0.25, 0.3) is 0 Å². The van der Waals surface area contributed by atoms with Crippen molar-refractivity contribution in [1.82, 2.24) is 14.8 Å². The topological polar surface area (TPSA) is 59.9 Å². The summed E-state index contributed by atoms with van der Waals surface area (Å²) in [5.74, 6) is 1.09. The van der Waals surface area contributed by atoms with E-state index in [1.165, 1.54) is 7.11 Å². The summed E-state index contributed by atoms with van der Waals surface area (Å²) in [5.41, 5.74) is 0. The van der Waals surface area contributed by atoms with Gasteiger partial charge in [0.1, 0.15) is 12.4 Å². The van der Waals surface area contributed by atoms with E-state index in [1.54, 1.807) is 4.57 Å². The van der Waals surface area contributed by atoms with Crippen LogP contribution in [0.2, 0.25) is 0 Å². The van der Waals surface area contributed by atoms with Gasteiger partial charge in [-0.2, -0.15) is 5.10 Å². The van der Waals surface area contributed by atoms with Gasteiger partial charge in [0, 0.05) is 6.42 Å². The van der Waals surface area contributed by atoms with Crippen molar-refractivity contribution in [2.24, 2.45) is 5.92 Å². The van der Waals surface area contributed by atoms with Crippen LogP contribution in [0.1, 0.15) is 26.1 Å². The molecule has 0 aliphatic heterocycles. The minimum atomic E-state index is -0.316. The van der Waals surface area contributed by atoms with E-state index in [9.17, 15) is 4.79 Å². The third-order valence-electron chi connectivity index (χ3n) is 2.30. The summed E-state index contributed by atoms with van der Waals surface area (Å²) in [6.45, 7) is 4.41. The Morgan fingerprint density at radius 2 is 2.31 bits per heavy atom. The number of nitrogens with zero attached hydrogens (tertiary/aromatic N) is 2. The molecule has 0 bridgehead atoms. The molecule has 0 aliphatic rings. The second-order valence-electron chi connectivity index (χ2n) is 4.04. The van der Waals surface area contributed by atoms with Gasteiger partial charge in [0.15, 0.2) is 4.77 Å². The normalized spacial score (nSPS) is 10.8. The molecule has 1 N–H and O–H groups in total. The molecule has 90 valence electrons. The molecule has 1 rings (SSSR count). The minimum absolute atomic E-state index is 0.124. The number of hydrogen-bond acceptors (Lipinski definition) is 4. The predicted octanol–water partition coefficient (Wildman–Crippen LogP) is 1.70. The quantitative estimate of drug-likeness (QED) is 0.631. The number of hydrogen-bond donors (Lipinski definition) is 1. The SMILES string of the molecule is COC(=O)Cn1c(CCC(C)C)n[nH]c1=S. The average molecular weight is 243 g/mol. The highest BCUT2D eigenvalue weighted by Crippen LogP contribution is 2.07. The van der Waals surface area contributed by atoms with E-state index in [0.717, 1.165) is 18.7 Å². The largest absolute Gasteiger partial charge is 0.468 e. The summed E-state index contributed by atoms with van der Waals surface area (Å²) in [5, 5.41) is 6.81. The average Bonchev–Trinajstić information content (AvgIpc) is 2.57. The number of H-pyrrole nitrogens is 1. The van der Waals surface area contributed by atoms with Crippen molar-refractivity contribution in [1.29, 1.82) is 0 Å². The molecule has 5 nitrogen and oxygen atoms in total. The van der Waals surface area contributed by atoms with E-state index < -0.39 is 0 Å². The summed E-state index contributed by atoms with van der Waals surface area (Å²) in [7, 11) is 1.36. The molecular formula is C10H17N3O2S. The number of methoxy groups -OCH3 is 1. The summed E-state index contributed by atoms with van der Waals surface area (Å²) < 4.78 is 6.76. The zero-order chi connectivity index (χ0) is 12.1. The van der Waals surface area contributed by atoms with Crippen LogP contribution in [-0.2, 0) is 22.5 Å². The van der Waals surface area contributed by atoms with Crippen LogP contribution in [0, 0.1) is 10.7 Å². The molecule has 0 atom stereocenters. The molecule has 0 amide bonds. The van der Waals surface area contributed by atoms with Gasteiger partial charge in [-0.05, 0) is 24.6 Å². The molecule has 0 radical (unpaired) electrons. The molecule has 0 saturated carbocycles. The highest BCUT2D eigenvalue weighted by atomic mass is 32.1. The molecule has 1 aromatic heterocycles. The Bertz CT molecular complexity index is 408. The maximum Gasteiger partial charge on any atom is 0.325 e. The predicted molar refractivity (Wildman–Crippen MR) is 62.6 cm³/mol. The van der Waals surface area contributed by atoms with Crippen LogP contribution < -0.4 is 0 Å². The van der Waals surface area contributed by atoms with Crippen molar-refractivity contribution < 1.29 is 9.53 Å². The van der Waals surface area contributed by atoms with Gasteiger partial charge in [-0.1, -0.05) is 13.8 Å². The van der Waals surface area contributed by atoms with E-state index in [1.807, 2.05) is 0 Å². The first-order valence-corrected chi connectivity index (χ1v) is 5.66. The number of aryl methyl sites for hydroxylation is 1.